The van der Waals surface area contributed by atoms with Gasteiger partial charge in [0.2, 0.25) is 17.7 Å². The lowest BCUT2D eigenvalue weighted by atomic mass is 9.83. The molecule has 3 aromatic carbocycles. The summed E-state index contributed by atoms with van der Waals surface area (Å²) in [6.07, 6.45) is 0. The lowest BCUT2D eigenvalue weighted by Gasteiger charge is -2.30. The third kappa shape index (κ3) is 4.94. The van der Waals surface area contributed by atoms with Crippen molar-refractivity contribution in [3.63, 3.8) is 0 Å². The van der Waals surface area contributed by atoms with E-state index in [1.165, 1.54) is 28.8 Å². The number of thioether (sulfide) groups is 1. The van der Waals surface area contributed by atoms with E-state index in [4.69, 9.17) is 16.3 Å². The molecule has 1 N–H and O–H groups in total. The Hall–Kier alpha value is -3.93. The summed E-state index contributed by atoms with van der Waals surface area (Å²) in [4.78, 5) is 55.1. The number of carbonyl (C=O) groups excluding carboxylic acids is 3. The number of ether oxygens (including phenoxy) is 1. The van der Waals surface area contributed by atoms with Gasteiger partial charge < -0.3 is 10.1 Å². The zero-order valence-corrected chi connectivity index (χ0v) is 23.8. The summed E-state index contributed by atoms with van der Waals surface area (Å²) >= 11 is 8.00. The number of imide groups is 1. The van der Waals surface area contributed by atoms with Crippen molar-refractivity contribution in [1.29, 1.82) is 0 Å². The van der Waals surface area contributed by atoms with Gasteiger partial charge in [-0.05, 0) is 66.2 Å². The number of anilines is 2. The van der Waals surface area contributed by atoms with Gasteiger partial charge in [0, 0.05) is 21.5 Å². The highest BCUT2D eigenvalue weighted by molar-refractivity contribution is 8.00. The van der Waals surface area contributed by atoms with Crippen LogP contribution < -0.4 is 19.8 Å². The molecule has 0 aliphatic carbocycles. The van der Waals surface area contributed by atoms with E-state index in [1.807, 2.05) is 0 Å². The van der Waals surface area contributed by atoms with Crippen molar-refractivity contribution in [2.45, 2.75) is 22.7 Å². The molecule has 1 fully saturated rings. The topological polar surface area (TPSA) is 97.7 Å². The maximum Gasteiger partial charge on any atom is 0.308 e. The van der Waals surface area contributed by atoms with Crippen LogP contribution in [0.15, 0.2) is 82.6 Å². The Bertz CT molecular complexity index is 1720. The van der Waals surface area contributed by atoms with Crippen LogP contribution in [0, 0.1) is 11.7 Å². The minimum absolute atomic E-state index is 0.271. The number of thiazole rings is 1. The summed E-state index contributed by atoms with van der Waals surface area (Å²) in [5.41, 5.74) is 1.52. The lowest BCUT2D eigenvalue weighted by Crippen LogP contribution is -2.33. The standard InChI is InChI=1S/C29H21ClFN3O5S2/c1-39-20-12-2-15(3-13-20)22-23-24(27(37)34(26(23)36)19-10-6-17(31)7-11-19)40-28-25(22)41-29(38)33(28)14-21(35)32-18-8-4-16(30)5-9-18/h2-13,22-24H,14H2,1H3,(H,32,35). The van der Waals surface area contributed by atoms with Crippen LogP contribution in [0.3, 0.4) is 0 Å². The van der Waals surface area contributed by atoms with Gasteiger partial charge in [-0.1, -0.05) is 46.8 Å². The molecule has 3 heterocycles. The minimum atomic E-state index is -0.855. The molecule has 3 unspecified atom stereocenters. The fraction of sp³-hybridized carbons (Fsp3) is 0.172. The van der Waals surface area contributed by atoms with Crippen molar-refractivity contribution >= 4 is 63.8 Å². The molecule has 1 aromatic heterocycles. The number of amides is 3. The molecule has 6 rings (SSSR count). The van der Waals surface area contributed by atoms with Gasteiger partial charge in [-0.25, -0.2) is 9.29 Å². The molecule has 0 saturated carbocycles. The van der Waals surface area contributed by atoms with E-state index in [0.717, 1.165) is 33.6 Å². The summed E-state index contributed by atoms with van der Waals surface area (Å²) in [6, 6.07) is 18.9. The summed E-state index contributed by atoms with van der Waals surface area (Å²) in [5.74, 6) is -2.63. The fourth-order valence-corrected chi connectivity index (χ4v) is 8.05. The van der Waals surface area contributed by atoms with Crippen molar-refractivity contribution in [3.05, 3.63) is 104 Å². The van der Waals surface area contributed by atoms with E-state index in [0.29, 0.717) is 26.4 Å². The van der Waals surface area contributed by atoms with Crippen molar-refractivity contribution in [1.82, 2.24) is 4.57 Å². The smallest absolute Gasteiger partial charge is 0.308 e. The molecule has 3 amide bonds. The third-order valence-corrected chi connectivity index (χ3v) is 9.89. The van der Waals surface area contributed by atoms with E-state index >= 15 is 0 Å². The first-order valence-electron chi connectivity index (χ1n) is 12.5. The van der Waals surface area contributed by atoms with Gasteiger partial charge in [-0.15, -0.1) is 0 Å². The van der Waals surface area contributed by atoms with Crippen LogP contribution in [0.2, 0.25) is 5.02 Å². The number of hydrogen-bond donors (Lipinski definition) is 1. The maximum atomic E-state index is 13.9. The average Bonchev–Trinajstić information content (AvgIpc) is 3.41. The predicted molar refractivity (Wildman–Crippen MR) is 156 cm³/mol. The molecule has 0 spiro atoms. The van der Waals surface area contributed by atoms with Crippen LogP contribution in [0.1, 0.15) is 16.4 Å². The molecule has 4 aromatic rings. The fourth-order valence-electron chi connectivity index (χ4n) is 5.15. The van der Waals surface area contributed by atoms with Gasteiger partial charge in [0.1, 0.15) is 23.4 Å². The molecule has 8 nitrogen and oxygen atoms in total. The first-order chi connectivity index (χ1) is 19.7. The molecule has 1 saturated heterocycles. The molecule has 41 heavy (non-hydrogen) atoms. The number of fused-ring (bicyclic) bond motifs is 2. The molecule has 208 valence electrons. The number of halogens is 2. The van der Waals surface area contributed by atoms with Gasteiger partial charge in [-0.2, -0.15) is 0 Å². The van der Waals surface area contributed by atoms with Crippen molar-refractivity contribution in [2.24, 2.45) is 5.92 Å². The predicted octanol–water partition coefficient (Wildman–Crippen LogP) is 5.15. The molecule has 0 radical (unpaired) electrons. The average molecular weight is 610 g/mol. The number of hydrogen-bond acceptors (Lipinski definition) is 7. The van der Waals surface area contributed by atoms with Crippen LogP contribution in [-0.4, -0.2) is 34.6 Å². The Morgan fingerprint density at radius 3 is 2.32 bits per heavy atom. The lowest BCUT2D eigenvalue weighted by molar-refractivity contribution is -0.122. The Labute approximate surface area is 246 Å². The summed E-state index contributed by atoms with van der Waals surface area (Å²) in [6.45, 7) is -0.281. The van der Waals surface area contributed by atoms with E-state index in [-0.39, 0.29) is 17.1 Å². The Balaban J connectivity index is 1.40. The first-order valence-corrected chi connectivity index (χ1v) is 14.6. The van der Waals surface area contributed by atoms with Crippen LogP contribution in [0.5, 0.6) is 5.75 Å². The molecule has 2 aliphatic rings. The van der Waals surface area contributed by atoms with Crippen molar-refractivity contribution < 1.29 is 23.5 Å². The maximum absolute atomic E-state index is 13.9. The van der Waals surface area contributed by atoms with Gasteiger partial charge >= 0.3 is 4.87 Å². The summed E-state index contributed by atoms with van der Waals surface area (Å²) in [5, 5.41) is 2.89. The van der Waals surface area contributed by atoms with Crippen LogP contribution >= 0.6 is 34.7 Å². The normalized spacial score (nSPS) is 19.6. The molecule has 12 heteroatoms. The largest absolute Gasteiger partial charge is 0.497 e. The van der Waals surface area contributed by atoms with Crippen LogP contribution in [-0.2, 0) is 20.9 Å². The van der Waals surface area contributed by atoms with Gasteiger partial charge in [0.25, 0.3) is 0 Å². The summed E-state index contributed by atoms with van der Waals surface area (Å²) in [7, 11) is 1.54. The summed E-state index contributed by atoms with van der Waals surface area (Å²) < 4.78 is 20.3. The van der Waals surface area contributed by atoms with Crippen LogP contribution in [0.25, 0.3) is 0 Å². The Morgan fingerprint density at radius 2 is 1.66 bits per heavy atom. The second-order valence-corrected chi connectivity index (χ2v) is 12.0. The quantitative estimate of drug-likeness (QED) is 0.304. The number of aromatic nitrogens is 1. The SMILES string of the molecule is COc1ccc(C2c3sc(=O)n(CC(=O)Nc4ccc(Cl)cc4)c3SC3C(=O)N(c4ccc(F)cc4)C(=O)C32)cc1. The molecule has 2 aliphatic heterocycles. The minimum Gasteiger partial charge on any atom is -0.497 e. The zero-order valence-electron chi connectivity index (χ0n) is 21.4. The van der Waals surface area contributed by atoms with Gasteiger partial charge in [0.15, 0.2) is 0 Å². The molecular weight excluding hydrogens is 589 g/mol. The highest BCUT2D eigenvalue weighted by Gasteiger charge is 2.56. The van der Waals surface area contributed by atoms with Crippen LogP contribution in [0.4, 0.5) is 15.8 Å². The van der Waals surface area contributed by atoms with E-state index in [1.54, 1.807) is 55.6 Å². The number of nitrogens with one attached hydrogen (secondary N) is 1. The number of benzene rings is 3. The Kier molecular flexibility index (Phi) is 7.18. The second kappa shape index (κ2) is 10.8. The molecule has 3 atom stereocenters. The Morgan fingerprint density at radius 1 is 0.976 bits per heavy atom. The number of methoxy groups -OCH3 is 1. The van der Waals surface area contributed by atoms with Gasteiger partial charge in [-0.3, -0.25) is 23.7 Å². The second-order valence-electron chi connectivity index (χ2n) is 9.48. The molecular formula is C29H21ClFN3O5S2. The molecule has 0 bridgehead atoms. The monoisotopic (exact) mass is 609 g/mol. The van der Waals surface area contributed by atoms with Crippen molar-refractivity contribution in [3.8, 4) is 5.75 Å². The number of carbonyl (C=O) groups is 3. The first kappa shape index (κ1) is 27.3. The van der Waals surface area contributed by atoms with Gasteiger partial charge in [0.05, 0.1) is 23.7 Å². The van der Waals surface area contributed by atoms with E-state index < -0.39 is 40.6 Å². The number of nitrogens with zero attached hydrogens (tertiary/aromatic N) is 2. The number of rotatable bonds is 6. The zero-order chi connectivity index (χ0) is 28.8. The highest BCUT2D eigenvalue weighted by Crippen LogP contribution is 2.54. The van der Waals surface area contributed by atoms with E-state index in [2.05, 4.69) is 5.32 Å². The van der Waals surface area contributed by atoms with Crippen molar-refractivity contribution in [2.75, 3.05) is 17.3 Å². The third-order valence-electron chi connectivity index (χ3n) is 7.04. The highest BCUT2D eigenvalue weighted by atomic mass is 35.5. The van der Waals surface area contributed by atoms with E-state index in [9.17, 15) is 23.6 Å².